The first-order chi connectivity index (χ1) is 12.0. The summed E-state index contributed by atoms with van der Waals surface area (Å²) in [4.78, 5) is 28.1. The van der Waals surface area contributed by atoms with E-state index in [1.807, 2.05) is 31.2 Å². The first-order valence-corrected chi connectivity index (χ1v) is 7.90. The monoisotopic (exact) mass is 341 g/mol. The van der Waals surface area contributed by atoms with E-state index < -0.39 is 6.04 Å². The number of carbonyl (C=O) groups excluding carboxylic acids is 1. The molecule has 1 aromatic carbocycles. The highest BCUT2D eigenvalue weighted by Crippen LogP contribution is 2.21. The summed E-state index contributed by atoms with van der Waals surface area (Å²) >= 11 is 0. The van der Waals surface area contributed by atoms with E-state index in [2.05, 4.69) is 25.7 Å². The van der Waals surface area contributed by atoms with Crippen LogP contribution >= 0.6 is 0 Å². The van der Waals surface area contributed by atoms with Crippen molar-refractivity contribution in [2.75, 3.05) is 0 Å². The van der Waals surface area contributed by atoms with E-state index in [9.17, 15) is 9.59 Å². The van der Waals surface area contributed by atoms with Gasteiger partial charge in [-0.15, -0.1) is 0 Å². The number of aromatic nitrogens is 4. The van der Waals surface area contributed by atoms with E-state index >= 15 is 0 Å². The van der Waals surface area contributed by atoms with Gasteiger partial charge in [-0.3, -0.25) is 14.7 Å². The van der Waals surface area contributed by atoms with Crippen LogP contribution < -0.4 is 10.9 Å². The third-order valence-electron chi connectivity index (χ3n) is 4.00. The zero-order chi connectivity index (χ0) is 18.0. The van der Waals surface area contributed by atoms with Crippen molar-refractivity contribution in [3.05, 3.63) is 57.3 Å². The third kappa shape index (κ3) is 3.52. The van der Waals surface area contributed by atoms with Gasteiger partial charge in [-0.2, -0.15) is 4.98 Å². The number of carbonyl (C=O) groups is 1. The van der Waals surface area contributed by atoms with Gasteiger partial charge in [0, 0.05) is 16.8 Å². The van der Waals surface area contributed by atoms with Gasteiger partial charge in [0.2, 0.25) is 17.6 Å². The summed E-state index contributed by atoms with van der Waals surface area (Å²) in [6.45, 7) is 5.45. The number of H-pyrrole nitrogens is 2. The van der Waals surface area contributed by atoms with Gasteiger partial charge in [0.1, 0.15) is 6.04 Å². The van der Waals surface area contributed by atoms with Crippen molar-refractivity contribution in [2.24, 2.45) is 0 Å². The molecule has 0 saturated heterocycles. The minimum atomic E-state index is -0.462. The number of rotatable bonds is 5. The largest absolute Gasteiger partial charge is 0.344 e. The highest BCUT2D eigenvalue weighted by Gasteiger charge is 2.19. The number of nitrogens with zero attached hydrogens (tertiary/aromatic N) is 2. The van der Waals surface area contributed by atoms with Gasteiger partial charge >= 0.3 is 0 Å². The number of amides is 1. The minimum absolute atomic E-state index is 0.0200. The van der Waals surface area contributed by atoms with Gasteiger partial charge in [-0.05, 0) is 26.3 Å². The molecule has 0 aliphatic heterocycles. The van der Waals surface area contributed by atoms with Crippen LogP contribution in [0, 0.1) is 13.8 Å². The van der Waals surface area contributed by atoms with Crippen molar-refractivity contribution in [3.63, 3.8) is 0 Å². The second kappa shape index (κ2) is 6.76. The lowest BCUT2D eigenvalue weighted by molar-refractivity contribution is -0.121. The van der Waals surface area contributed by atoms with Crippen LogP contribution in [-0.2, 0) is 11.2 Å². The summed E-state index contributed by atoms with van der Waals surface area (Å²) in [5, 5.41) is 11.9. The smallest absolute Gasteiger partial charge is 0.267 e. The Balaban J connectivity index is 1.70. The predicted molar refractivity (Wildman–Crippen MR) is 90.9 cm³/mol. The van der Waals surface area contributed by atoms with Crippen LogP contribution in [0.4, 0.5) is 0 Å². The lowest BCUT2D eigenvalue weighted by atomic mass is 10.1. The fourth-order valence-corrected chi connectivity index (χ4v) is 2.54. The quantitative estimate of drug-likeness (QED) is 0.654. The van der Waals surface area contributed by atoms with E-state index in [1.54, 1.807) is 13.8 Å². The van der Waals surface area contributed by atoms with Gasteiger partial charge < -0.3 is 14.9 Å². The van der Waals surface area contributed by atoms with Crippen LogP contribution in [0.25, 0.3) is 11.4 Å². The Labute approximate surface area is 143 Å². The van der Waals surface area contributed by atoms with Crippen LogP contribution in [-0.4, -0.2) is 26.2 Å². The number of aryl methyl sites for hydroxylation is 2. The molecule has 2 aromatic heterocycles. The SMILES string of the molecule is Cc1ccccc1-c1noc([C@H](C)NC(=O)Cc2c(C)[nH][nH]c2=O)n1. The lowest BCUT2D eigenvalue weighted by Crippen LogP contribution is -2.29. The summed E-state index contributed by atoms with van der Waals surface area (Å²) in [7, 11) is 0. The zero-order valence-electron chi connectivity index (χ0n) is 14.2. The molecule has 0 spiro atoms. The van der Waals surface area contributed by atoms with Crippen LogP contribution in [0.5, 0.6) is 0 Å². The Bertz CT molecular complexity index is 953. The predicted octanol–water partition coefficient (Wildman–Crippen LogP) is 1.79. The fraction of sp³-hybridized carbons (Fsp3) is 0.294. The third-order valence-corrected chi connectivity index (χ3v) is 4.00. The highest BCUT2D eigenvalue weighted by atomic mass is 16.5. The van der Waals surface area contributed by atoms with Crippen LogP contribution in [0.15, 0.2) is 33.6 Å². The van der Waals surface area contributed by atoms with Crippen LogP contribution in [0.2, 0.25) is 0 Å². The zero-order valence-corrected chi connectivity index (χ0v) is 14.2. The topological polar surface area (TPSA) is 117 Å². The molecule has 2 heterocycles. The lowest BCUT2D eigenvalue weighted by Gasteiger charge is -2.09. The van der Waals surface area contributed by atoms with Gasteiger partial charge in [-0.25, -0.2) is 0 Å². The molecule has 8 nitrogen and oxygen atoms in total. The maximum atomic E-state index is 12.2. The molecule has 0 aliphatic rings. The summed E-state index contributed by atoms with van der Waals surface area (Å²) in [6.07, 6.45) is -0.0200. The van der Waals surface area contributed by atoms with Crippen molar-refractivity contribution in [3.8, 4) is 11.4 Å². The van der Waals surface area contributed by atoms with Gasteiger partial charge in [0.05, 0.1) is 6.42 Å². The molecule has 0 unspecified atom stereocenters. The van der Waals surface area contributed by atoms with Crippen molar-refractivity contribution in [1.29, 1.82) is 0 Å². The first-order valence-electron chi connectivity index (χ1n) is 7.90. The number of hydrogen-bond donors (Lipinski definition) is 3. The molecule has 0 saturated carbocycles. The standard InChI is InChI=1S/C17H19N5O3/c1-9-6-4-5-7-12(9)15-19-17(25-22-15)11(3)18-14(23)8-13-10(2)20-21-16(13)24/h4-7,11H,8H2,1-3H3,(H,18,23)(H2,20,21,24)/t11-/m0/s1. The highest BCUT2D eigenvalue weighted by molar-refractivity contribution is 5.79. The Morgan fingerprint density at radius 1 is 1.28 bits per heavy atom. The molecule has 3 rings (SSSR count). The molecule has 0 radical (unpaired) electrons. The van der Waals surface area contributed by atoms with E-state index in [0.717, 1.165) is 11.1 Å². The Hall–Kier alpha value is -3.16. The van der Waals surface area contributed by atoms with Gasteiger partial charge in [0.15, 0.2) is 0 Å². The average molecular weight is 341 g/mol. The Kier molecular flexibility index (Phi) is 4.51. The first kappa shape index (κ1) is 16.7. The summed E-state index contributed by atoms with van der Waals surface area (Å²) < 4.78 is 5.27. The van der Waals surface area contributed by atoms with Gasteiger partial charge in [-0.1, -0.05) is 29.4 Å². The summed E-state index contributed by atoms with van der Waals surface area (Å²) in [6, 6.07) is 7.26. The van der Waals surface area contributed by atoms with E-state index in [0.29, 0.717) is 23.0 Å². The van der Waals surface area contributed by atoms with Crippen LogP contribution in [0.1, 0.15) is 35.7 Å². The molecule has 130 valence electrons. The maximum absolute atomic E-state index is 12.2. The maximum Gasteiger partial charge on any atom is 0.267 e. The molecule has 0 aliphatic carbocycles. The van der Waals surface area contributed by atoms with E-state index in [-0.39, 0.29) is 17.9 Å². The molecule has 3 N–H and O–H groups in total. The minimum Gasteiger partial charge on any atom is -0.344 e. The Morgan fingerprint density at radius 2 is 2.04 bits per heavy atom. The number of benzene rings is 1. The fourth-order valence-electron chi connectivity index (χ4n) is 2.54. The second-order valence-corrected chi connectivity index (χ2v) is 5.92. The van der Waals surface area contributed by atoms with Crippen molar-refractivity contribution >= 4 is 5.91 Å². The van der Waals surface area contributed by atoms with Gasteiger partial charge in [0.25, 0.3) is 5.56 Å². The normalized spacial score (nSPS) is 12.1. The molecule has 0 fully saturated rings. The number of aromatic amines is 2. The molecule has 8 heteroatoms. The molecule has 1 amide bonds. The van der Waals surface area contributed by atoms with Crippen LogP contribution in [0.3, 0.4) is 0 Å². The molecular formula is C17H19N5O3. The molecule has 25 heavy (non-hydrogen) atoms. The number of hydrogen-bond acceptors (Lipinski definition) is 5. The average Bonchev–Trinajstić information content (AvgIpc) is 3.18. The molecular weight excluding hydrogens is 322 g/mol. The van der Waals surface area contributed by atoms with Crippen molar-refractivity contribution in [2.45, 2.75) is 33.2 Å². The van der Waals surface area contributed by atoms with Crippen molar-refractivity contribution in [1.82, 2.24) is 25.7 Å². The molecule has 0 bridgehead atoms. The number of nitrogens with one attached hydrogen (secondary N) is 3. The summed E-state index contributed by atoms with van der Waals surface area (Å²) in [5.74, 6) is 0.495. The van der Waals surface area contributed by atoms with E-state index in [1.165, 1.54) is 0 Å². The van der Waals surface area contributed by atoms with Crippen molar-refractivity contribution < 1.29 is 9.32 Å². The molecule has 1 atom stereocenters. The molecule has 3 aromatic rings. The second-order valence-electron chi connectivity index (χ2n) is 5.92. The van der Waals surface area contributed by atoms with E-state index in [4.69, 9.17) is 4.52 Å². The summed E-state index contributed by atoms with van der Waals surface area (Å²) in [5.41, 5.74) is 2.68. The Morgan fingerprint density at radius 3 is 2.72 bits per heavy atom.